The van der Waals surface area contributed by atoms with Crippen LogP contribution in [0, 0.1) is 5.92 Å². The first-order valence-electron chi connectivity index (χ1n) is 16.0. The summed E-state index contributed by atoms with van der Waals surface area (Å²) in [5, 5.41) is 14.7. The molecule has 4 aromatic carbocycles. The molecule has 0 spiro atoms. The van der Waals surface area contributed by atoms with Crippen molar-refractivity contribution >= 4 is 29.8 Å². The van der Waals surface area contributed by atoms with E-state index in [-0.39, 0.29) is 13.3 Å². The Labute approximate surface area is 246 Å². The Bertz CT molecular complexity index is 1530. The van der Waals surface area contributed by atoms with Crippen LogP contribution in [0.15, 0.2) is 96.0 Å². The van der Waals surface area contributed by atoms with Gasteiger partial charge in [0.2, 0.25) is 0 Å². The molecule has 1 aliphatic heterocycles. The molecular formula is C38H42NOP. The number of nitrogens with zero attached hydrogens (tertiary/aromatic N) is 1. The van der Waals surface area contributed by atoms with E-state index in [0.29, 0.717) is 11.7 Å². The van der Waals surface area contributed by atoms with Crippen LogP contribution in [-0.4, -0.2) is 22.4 Å². The summed E-state index contributed by atoms with van der Waals surface area (Å²) in [5.41, 5.74) is 6.30. The van der Waals surface area contributed by atoms with Gasteiger partial charge >= 0.3 is 0 Å². The van der Waals surface area contributed by atoms with Crippen LogP contribution in [-0.2, 0) is 5.41 Å². The number of hydrogen-bond acceptors (Lipinski definition) is 2. The second-order valence-electron chi connectivity index (χ2n) is 12.6. The highest BCUT2D eigenvalue weighted by Gasteiger charge is 2.54. The highest BCUT2D eigenvalue weighted by atomic mass is 31.1. The molecule has 1 saturated heterocycles. The van der Waals surface area contributed by atoms with E-state index in [1.807, 2.05) is 0 Å². The normalized spacial score (nSPS) is 25.2. The van der Waals surface area contributed by atoms with E-state index in [9.17, 15) is 5.11 Å². The Morgan fingerprint density at radius 2 is 1.39 bits per heavy atom. The topological polar surface area (TPSA) is 32.6 Å². The summed E-state index contributed by atoms with van der Waals surface area (Å²) in [6, 6.07) is 32.4. The van der Waals surface area contributed by atoms with Gasteiger partial charge in [0.25, 0.3) is 0 Å². The number of aliphatic imine (C=N–C) groups is 1. The van der Waals surface area contributed by atoms with E-state index in [2.05, 4.69) is 91.0 Å². The molecule has 3 fully saturated rings. The minimum Gasteiger partial charge on any atom is -0.507 e. The first-order chi connectivity index (χ1) is 20.2. The minimum atomic E-state index is -0.367. The highest BCUT2D eigenvalue weighted by molar-refractivity contribution is 7.76. The summed E-state index contributed by atoms with van der Waals surface area (Å²) in [7, 11) is -0.367. The molecule has 0 bridgehead atoms. The Balaban J connectivity index is 1.44. The molecule has 2 saturated carbocycles. The SMILES string of the molecule is Oc1c(-c2ccccc2)cccc1C1(C2CCCCC2)CCP(C2CCCCC2)C1=Nc1ccc2ccccc2c1. The summed E-state index contributed by atoms with van der Waals surface area (Å²) < 4.78 is 0. The van der Waals surface area contributed by atoms with Crippen molar-refractivity contribution in [1.29, 1.82) is 0 Å². The average molecular weight is 560 g/mol. The second kappa shape index (κ2) is 11.7. The fraction of sp³-hybridized carbons (Fsp3) is 0.395. The quantitative estimate of drug-likeness (QED) is 0.242. The van der Waals surface area contributed by atoms with Crippen LogP contribution in [0.1, 0.15) is 76.2 Å². The fourth-order valence-electron chi connectivity index (χ4n) is 8.26. The van der Waals surface area contributed by atoms with Gasteiger partial charge in [0, 0.05) is 16.5 Å². The maximum Gasteiger partial charge on any atom is 0.127 e. The maximum atomic E-state index is 12.2. The first-order valence-corrected chi connectivity index (χ1v) is 17.6. The standard InChI is InChI=1S/C38H42NOP/c40-36-34(29-14-4-1-5-15-29)21-12-22-35(36)38(31-17-6-2-7-18-31)25-26-41(33-19-8-3-9-20-33)37(38)39-32-24-23-28-13-10-11-16-30(28)27-32/h1,4-5,10-16,21-24,27,31,33,40H,2-3,6-9,17-20,25-26H2. The van der Waals surface area contributed by atoms with Gasteiger partial charge in [-0.25, -0.2) is 0 Å². The van der Waals surface area contributed by atoms with E-state index in [1.54, 1.807) is 0 Å². The predicted molar refractivity (Wildman–Crippen MR) is 176 cm³/mol. The van der Waals surface area contributed by atoms with Gasteiger partial charge in [-0.05, 0) is 78.3 Å². The van der Waals surface area contributed by atoms with Crippen LogP contribution in [0.5, 0.6) is 5.75 Å². The van der Waals surface area contributed by atoms with Crippen molar-refractivity contribution in [2.75, 3.05) is 6.16 Å². The fourth-order valence-corrected chi connectivity index (χ4v) is 11.9. The van der Waals surface area contributed by atoms with Crippen molar-refractivity contribution in [2.24, 2.45) is 10.9 Å². The molecule has 3 aliphatic rings. The molecule has 2 unspecified atom stereocenters. The molecule has 2 aliphatic carbocycles. The van der Waals surface area contributed by atoms with Gasteiger partial charge in [0.15, 0.2) is 0 Å². The van der Waals surface area contributed by atoms with Gasteiger partial charge in [-0.15, -0.1) is 0 Å². The number of hydrogen-bond donors (Lipinski definition) is 1. The van der Waals surface area contributed by atoms with Gasteiger partial charge in [-0.2, -0.15) is 0 Å². The van der Waals surface area contributed by atoms with Crippen molar-refractivity contribution in [3.05, 3.63) is 96.6 Å². The molecule has 0 aromatic heterocycles. The molecule has 2 atom stereocenters. The highest BCUT2D eigenvalue weighted by Crippen LogP contribution is 2.66. The van der Waals surface area contributed by atoms with Crippen LogP contribution < -0.4 is 0 Å². The van der Waals surface area contributed by atoms with Crippen molar-refractivity contribution in [3.8, 4) is 16.9 Å². The van der Waals surface area contributed by atoms with E-state index in [4.69, 9.17) is 4.99 Å². The zero-order chi connectivity index (χ0) is 27.6. The summed E-state index contributed by atoms with van der Waals surface area (Å²) in [6.45, 7) is 0. The Morgan fingerprint density at radius 3 is 2.17 bits per heavy atom. The summed E-state index contributed by atoms with van der Waals surface area (Å²) in [5.74, 6) is 1.01. The third-order valence-corrected chi connectivity index (χ3v) is 13.5. The molecular weight excluding hydrogens is 517 g/mol. The molecule has 210 valence electrons. The van der Waals surface area contributed by atoms with Crippen molar-refractivity contribution in [3.63, 3.8) is 0 Å². The lowest BCUT2D eigenvalue weighted by molar-refractivity contribution is 0.257. The van der Waals surface area contributed by atoms with Crippen LogP contribution in [0.25, 0.3) is 21.9 Å². The maximum absolute atomic E-state index is 12.2. The number of aromatic hydroxyl groups is 1. The number of rotatable bonds is 5. The summed E-state index contributed by atoms with van der Waals surface area (Å²) in [4.78, 5) is 5.75. The zero-order valence-corrected chi connectivity index (χ0v) is 25.0. The minimum absolute atomic E-state index is 0.190. The molecule has 1 heterocycles. The Hall–Kier alpha value is -2.96. The molecule has 41 heavy (non-hydrogen) atoms. The predicted octanol–water partition coefficient (Wildman–Crippen LogP) is 11.0. The lowest BCUT2D eigenvalue weighted by Gasteiger charge is -2.43. The number of phenolic OH excluding ortho intramolecular Hbond substituents is 1. The molecule has 7 rings (SSSR count). The van der Waals surface area contributed by atoms with Gasteiger partial charge in [-0.3, -0.25) is 4.99 Å². The second-order valence-corrected chi connectivity index (χ2v) is 15.1. The zero-order valence-electron chi connectivity index (χ0n) is 24.1. The average Bonchev–Trinajstić information content (AvgIpc) is 3.42. The number of fused-ring (bicyclic) bond motifs is 1. The lowest BCUT2D eigenvalue weighted by Crippen LogP contribution is -2.41. The summed E-state index contributed by atoms with van der Waals surface area (Å²) in [6.07, 6.45) is 15.5. The third-order valence-electron chi connectivity index (χ3n) is 10.3. The van der Waals surface area contributed by atoms with Crippen LogP contribution >= 0.6 is 7.92 Å². The third kappa shape index (κ3) is 5.03. The smallest absolute Gasteiger partial charge is 0.127 e. The van der Waals surface area contributed by atoms with Crippen molar-refractivity contribution < 1.29 is 5.11 Å². The van der Waals surface area contributed by atoms with Gasteiger partial charge in [0.05, 0.1) is 11.1 Å². The number of phenols is 1. The largest absolute Gasteiger partial charge is 0.507 e. The van der Waals surface area contributed by atoms with Crippen molar-refractivity contribution in [1.82, 2.24) is 0 Å². The van der Waals surface area contributed by atoms with E-state index in [1.165, 1.54) is 86.6 Å². The molecule has 3 heteroatoms. The van der Waals surface area contributed by atoms with Gasteiger partial charge in [-0.1, -0.05) is 125 Å². The van der Waals surface area contributed by atoms with Crippen LogP contribution in [0.2, 0.25) is 0 Å². The van der Waals surface area contributed by atoms with E-state index < -0.39 is 0 Å². The van der Waals surface area contributed by atoms with Crippen molar-refractivity contribution in [2.45, 2.75) is 81.7 Å². The van der Waals surface area contributed by atoms with Crippen LogP contribution in [0.3, 0.4) is 0 Å². The summed E-state index contributed by atoms with van der Waals surface area (Å²) >= 11 is 0. The van der Waals surface area contributed by atoms with Crippen LogP contribution in [0.4, 0.5) is 5.69 Å². The first kappa shape index (κ1) is 26.9. The monoisotopic (exact) mass is 559 g/mol. The van der Waals surface area contributed by atoms with Gasteiger partial charge in [0.1, 0.15) is 5.75 Å². The lowest BCUT2D eigenvalue weighted by atomic mass is 9.63. The molecule has 0 amide bonds. The Kier molecular flexibility index (Phi) is 7.70. The number of benzene rings is 4. The molecule has 2 nitrogen and oxygen atoms in total. The van der Waals surface area contributed by atoms with E-state index in [0.717, 1.165) is 34.5 Å². The van der Waals surface area contributed by atoms with Gasteiger partial charge < -0.3 is 5.11 Å². The van der Waals surface area contributed by atoms with E-state index >= 15 is 0 Å². The molecule has 1 N–H and O–H groups in total. The number of para-hydroxylation sites is 1. The molecule has 4 aromatic rings. The Morgan fingerprint density at radius 1 is 0.683 bits per heavy atom. The molecule has 0 radical (unpaired) electrons.